The van der Waals surface area contributed by atoms with Crippen LogP contribution in [0.2, 0.25) is 0 Å². The highest BCUT2D eigenvalue weighted by molar-refractivity contribution is 5.04. The lowest BCUT2D eigenvalue weighted by Gasteiger charge is -2.32. The Balaban J connectivity index is 1.35. The Morgan fingerprint density at radius 2 is 2.05 bits per heavy atom. The van der Waals surface area contributed by atoms with Gasteiger partial charge in [0.15, 0.2) is 5.82 Å². The first-order valence-corrected chi connectivity index (χ1v) is 8.34. The number of nitrogens with zero attached hydrogens (tertiary/aromatic N) is 5. The minimum absolute atomic E-state index is 0.425. The number of piperidine rings is 1. The van der Waals surface area contributed by atoms with Crippen molar-refractivity contribution >= 4 is 0 Å². The van der Waals surface area contributed by atoms with Crippen molar-refractivity contribution in [3.05, 3.63) is 29.7 Å². The summed E-state index contributed by atoms with van der Waals surface area (Å²) in [6, 6.07) is 2.81. The van der Waals surface area contributed by atoms with Gasteiger partial charge in [-0.15, -0.1) is 0 Å². The van der Waals surface area contributed by atoms with Crippen LogP contribution in [0.5, 0.6) is 0 Å². The van der Waals surface area contributed by atoms with Crippen molar-refractivity contribution < 1.29 is 4.52 Å². The van der Waals surface area contributed by atoms with Gasteiger partial charge in [0.25, 0.3) is 0 Å². The number of hydrogen-bond acceptors (Lipinski definition) is 5. The standard InChI is InChI=1S/C16H23N5O/c1-12-18-16(22-19-12)13-6-9-20(10-7-13)11-15-5-8-17-21(15)14-3-2-4-14/h5,8,13-14H,2-4,6-7,9-11H2,1H3. The van der Waals surface area contributed by atoms with Crippen LogP contribution in [0.1, 0.15) is 61.5 Å². The van der Waals surface area contributed by atoms with Crippen molar-refractivity contribution in [3.63, 3.8) is 0 Å². The molecule has 22 heavy (non-hydrogen) atoms. The second-order valence-corrected chi connectivity index (χ2v) is 6.58. The zero-order chi connectivity index (χ0) is 14.9. The van der Waals surface area contributed by atoms with Crippen molar-refractivity contribution in [2.75, 3.05) is 13.1 Å². The maximum Gasteiger partial charge on any atom is 0.229 e. The molecule has 2 fully saturated rings. The van der Waals surface area contributed by atoms with Gasteiger partial charge in [-0.1, -0.05) is 5.16 Å². The van der Waals surface area contributed by atoms with E-state index in [1.807, 2.05) is 13.1 Å². The molecule has 2 aliphatic rings. The van der Waals surface area contributed by atoms with Gasteiger partial charge in [0.05, 0.1) is 11.7 Å². The second-order valence-electron chi connectivity index (χ2n) is 6.58. The van der Waals surface area contributed by atoms with Gasteiger partial charge in [0.2, 0.25) is 5.89 Å². The van der Waals surface area contributed by atoms with Crippen LogP contribution in [0.25, 0.3) is 0 Å². The van der Waals surface area contributed by atoms with Crippen molar-refractivity contribution in [3.8, 4) is 0 Å². The van der Waals surface area contributed by atoms with Crippen LogP contribution in [0.15, 0.2) is 16.8 Å². The summed E-state index contributed by atoms with van der Waals surface area (Å²) >= 11 is 0. The molecule has 1 saturated carbocycles. The quantitative estimate of drug-likeness (QED) is 0.869. The van der Waals surface area contributed by atoms with Gasteiger partial charge in [0, 0.05) is 18.7 Å². The molecule has 3 heterocycles. The summed E-state index contributed by atoms with van der Waals surface area (Å²) in [6.07, 6.45) is 8.06. The Hall–Kier alpha value is -1.69. The van der Waals surface area contributed by atoms with E-state index in [9.17, 15) is 0 Å². The summed E-state index contributed by atoms with van der Waals surface area (Å²) in [5, 5.41) is 8.43. The van der Waals surface area contributed by atoms with Gasteiger partial charge < -0.3 is 4.52 Å². The molecule has 0 unspecified atom stereocenters. The molecule has 6 heteroatoms. The molecule has 0 spiro atoms. The maximum absolute atomic E-state index is 5.32. The molecule has 0 atom stereocenters. The van der Waals surface area contributed by atoms with E-state index in [1.165, 1.54) is 25.0 Å². The fourth-order valence-electron chi connectivity index (χ4n) is 3.47. The topological polar surface area (TPSA) is 60.0 Å². The summed E-state index contributed by atoms with van der Waals surface area (Å²) in [4.78, 5) is 6.90. The van der Waals surface area contributed by atoms with Crippen LogP contribution >= 0.6 is 0 Å². The van der Waals surface area contributed by atoms with E-state index in [0.29, 0.717) is 12.0 Å². The number of aromatic nitrogens is 4. The molecule has 1 aliphatic heterocycles. The predicted molar refractivity (Wildman–Crippen MR) is 81.4 cm³/mol. The fraction of sp³-hybridized carbons (Fsp3) is 0.688. The van der Waals surface area contributed by atoms with Gasteiger partial charge in [-0.2, -0.15) is 10.1 Å². The molecular formula is C16H23N5O. The largest absolute Gasteiger partial charge is 0.339 e. The first-order valence-electron chi connectivity index (χ1n) is 8.34. The molecule has 0 bridgehead atoms. The van der Waals surface area contributed by atoms with Crippen LogP contribution < -0.4 is 0 Å². The van der Waals surface area contributed by atoms with Crippen LogP contribution in [-0.2, 0) is 6.54 Å². The lowest BCUT2D eigenvalue weighted by atomic mass is 9.93. The molecule has 0 amide bonds. The first kappa shape index (κ1) is 13.9. The zero-order valence-electron chi connectivity index (χ0n) is 13.1. The summed E-state index contributed by atoms with van der Waals surface area (Å²) in [6.45, 7) is 5.06. The van der Waals surface area contributed by atoms with E-state index in [0.717, 1.165) is 44.2 Å². The van der Waals surface area contributed by atoms with E-state index in [1.54, 1.807) is 0 Å². The average molecular weight is 301 g/mol. The minimum Gasteiger partial charge on any atom is -0.339 e. The number of hydrogen-bond donors (Lipinski definition) is 0. The van der Waals surface area contributed by atoms with Gasteiger partial charge in [0.1, 0.15) is 0 Å². The highest BCUT2D eigenvalue weighted by atomic mass is 16.5. The highest BCUT2D eigenvalue weighted by Gasteiger charge is 2.27. The van der Waals surface area contributed by atoms with Gasteiger partial charge >= 0.3 is 0 Å². The summed E-state index contributed by atoms with van der Waals surface area (Å²) in [5.74, 6) is 1.98. The fourth-order valence-corrected chi connectivity index (χ4v) is 3.47. The van der Waals surface area contributed by atoms with Gasteiger partial charge in [-0.25, -0.2) is 0 Å². The van der Waals surface area contributed by atoms with E-state index in [4.69, 9.17) is 4.52 Å². The lowest BCUT2D eigenvalue weighted by Crippen LogP contribution is -2.34. The molecule has 4 rings (SSSR count). The van der Waals surface area contributed by atoms with Crippen LogP contribution in [0.4, 0.5) is 0 Å². The molecule has 0 N–H and O–H groups in total. The highest BCUT2D eigenvalue weighted by Crippen LogP contribution is 2.33. The third-order valence-corrected chi connectivity index (χ3v) is 5.04. The summed E-state index contributed by atoms with van der Waals surface area (Å²) < 4.78 is 7.57. The van der Waals surface area contributed by atoms with Crippen molar-refractivity contribution in [2.45, 2.75) is 57.5 Å². The predicted octanol–water partition coefficient (Wildman–Crippen LogP) is 2.68. The summed E-state index contributed by atoms with van der Waals surface area (Å²) in [7, 11) is 0. The molecule has 0 aromatic carbocycles. The molecule has 2 aromatic heterocycles. The molecule has 6 nitrogen and oxygen atoms in total. The first-order chi connectivity index (χ1) is 10.8. The Morgan fingerprint density at radius 3 is 2.68 bits per heavy atom. The SMILES string of the molecule is Cc1noc(C2CCN(Cc3ccnn3C3CCC3)CC2)n1. The molecule has 1 saturated heterocycles. The smallest absolute Gasteiger partial charge is 0.229 e. The molecular weight excluding hydrogens is 278 g/mol. The Morgan fingerprint density at radius 1 is 1.23 bits per heavy atom. The van der Waals surface area contributed by atoms with Gasteiger partial charge in [-0.3, -0.25) is 9.58 Å². The monoisotopic (exact) mass is 301 g/mol. The molecule has 2 aromatic rings. The Bertz CT molecular complexity index is 622. The van der Waals surface area contributed by atoms with E-state index in [2.05, 4.69) is 30.9 Å². The number of likely N-dealkylation sites (tertiary alicyclic amines) is 1. The van der Waals surface area contributed by atoms with Gasteiger partial charge in [-0.05, 0) is 58.2 Å². The van der Waals surface area contributed by atoms with Crippen LogP contribution in [0.3, 0.4) is 0 Å². The molecule has 1 aliphatic carbocycles. The Labute approximate surface area is 130 Å². The third-order valence-electron chi connectivity index (χ3n) is 5.04. The van der Waals surface area contributed by atoms with Crippen molar-refractivity contribution in [1.82, 2.24) is 24.8 Å². The second kappa shape index (κ2) is 5.83. The molecule has 118 valence electrons. The number of aryl methyl sites for hydroxylation is 1. The normalized spacial score (nSPS) is 21.1. The lowest BCUT2D eigenvalue weighted by molar-refractivity contribution is 0.177. The minimum atomic E-state index is 0.425. The van der Waals surface area contributed by atoms with Crippen LogP contribution in [-0.4, -0.2) is 37.9 Å². The van der Waals surface area contributed by atoms with Crippen molar-refractivity contribution in [2.24, 2.45) is 0 Å². The summed E-state index contributed by atoms with van der Waals surface area (Å²) in [5.41, 5.74) is 1.36. The molecule has 0 radical (unpaired) electrons. The third kappa shape index (κ3) is 2.67. The zero-order valence-corrected chi connectivity index (χ0v) is 13.1. The number of rotatable bonds is 4. The van der Waals surface area contributed by atoms with Crippen molar-refractivity contribution in [1.29, 1.82) is 0 Å². The average Bonchev–Trinajstić information content (AvgIpc) is 3.08. The van der Waals surface area contributed by atoms with E-state index >= 15 is 0 Å². The van der Waals surface area contributed by atoms with Crippen LogP contribution in [0, 0.1) is 6.92 Å². The Kier molecular flexibility index (Phi) is 3.70. The van der Waals surface area contributed by atoms with E-state index < -0.39 is 0 Å². The van der Waals surface area contributed by atoms with E-state index in [-0.39, 0.29) is 0 Å². The maximum atomic E-state index is 5.32.